The van der Waals surface area contributed by atoms with Crippen molar-refractivity contribution < 1.29 is 18.3 Å². The maximum atomic E-state index is 12.6. The summed E-state index contributed by atoms with van der Waals surface area (Å²) in [5.74, 6) is -1.19. The van der Waals surface area contributed by atoms with Crippen molar-refractivity contribution in [2.75, 3.05) is 13.1 Å². The molecule has 9 heteroatoms. The van der Waals surface area contributed by atoms with E-state index in [9.17, 15) is 18.3 Å². The van der Waals surface area contributed by atoms with Crippen LogP contribution in [-0.2, 0) is 29.4 Å². The van der Waals surface area contributed by atoms with Crippen LogP contribution in [0.2, 0.25) is 0 Å². The molecule has 0 amide bonds. The Hall–Kier alpha value is -1.81. The first-order valence-electron chi connectivity index (χ1n) is 7.46. The molecule has 128 valence electrons. The number of carbonyl (C=O) groups is 1. The highest BCUT2D eigenvalue weighted by Crippen LogP contribution is 2.34. The number of nitrogens with one attached hydrogen (secondary N) is 2. The van der Waals surface area contributed by atoms with Crippen molar-refractivity contribution in [2.45, 2.75) is 23.6 Å². The van der Waals surface area contributed by atoms with Crippen LogP contribution in [0.1, 0.15) is 26.4 Å². The Balaban J connectivity index is 1.81. The molecule has 3 N–H and O–H groups in total. The zero-order valence-electron chi connectivity index (χ0n) is 12.8. The molecular formula is C15H17N3O4S2. The minimum Gasteiger partial charge on any atom is -0.478 e. The molecule has 0 spiro atoms. The Morgan fingerprint density at radius 3 is 3.00 bits per heavy atom. The van der Waals surface area contributed by atoms with E-state index in [1.807, 2.05) is 6.07 Å². The van der Waals surface area contributed by atoms with E-state index in [4.69, 9.17) is 0 Å². The first-order valence-corrected chi connectivity index (χ1v) is 9.76. The van der Waals surface area contributed by atoms with Crippen molar-refractivity contribution in [1.29, 1.82) is 0 Å². The molecule has 7 nitrogen and oxygen atoms in total. The molecule has 2 aromatic rings. The summed E-state index contributed by atoms with van der Waals surface area (Å²) in [5.41, 5.74) is 1.47. The van der Waals surface area contributed by atoms with Gasteiger partial charge in [-0.3, -0.25) is 4.98 Å². The molecule has 3 heterocycles. The smallest absolute Gasteiger partial charge is 0.338 e. The van der Waals surface area contributed by atoms with Crippen LogP contribution >= 0.6 is 11.3 Å². The summed E-state index contributed by atoms with van der Waals surface area (Å²) in [6, 6.07) is 3.65. The molecule has 1 aliphatic rings. The molecule has 0 aromatic carbocycles. The number of pyridine rings is 1. The molecule has 1 aliphatic heterocycles. The third-order valence-corrected chi connectivity index (χ3v) is 6.99. The Bertz CT molecular complexity index is 847. The second-order valence-corrected chi connectivity index (χ2v) is 8.47. The van der Waals surface area contributed by atoms with Crippen LogP contribution in [0, 0.1) is 0 Å². The minimum absolute atomic E-state index is 0.0784. The summed E-state index contributed by atoms with van der Waals surface area (Å²) in [6.45, 7) is 1.34. The number of sulfonamides is 1. The van der Waals surface area contributed by atoms with Crippen LogP contribution in [0.25, 0.3) is 0 Å². The van der Waals surface area contributed by atoms with Crippen LogP contribution in [-0.4, -0.2) is 37.6 Å². The van der Waals surface area contributed by atoms with E-state index < -0.39 is 16.0 Å². The van der Waals surface area contributed by atoms with Gasteiger partial charge in [-0.05, 0) is 36.6 Å². The molecule has 0 radical (unpaired) electrons. The number of hydrogen-bond donors (Lipinski definition) is 3. The van der Waals surface area contributed by atoms with Gasteiger partial charge in [0.2, 0.25) is 0 Å². The van der Waals surface area contributed by atoms with E-state index in [1.54, 1.807) is 18.5 Å². The number of fused-ring (bicyclic) bond motifs is 1. The fraction of sp³-hybridized carbons (Fsp3) is 0.333. The van der Waals surface area contributed by atoms with E-state index in [1.165, 1.54) is 0 Å². The SMILES string of the molecule is O=C(O)c1c(S(=O)(=O)NCCc2cccnc2)sc2c1CCNC2. The van der Waals surface area contributed by atoms with Crippen LogP contribution < -0.4 is 10.0 Å². The number of rotatable bonds is 6. The van der Waals surface area contributed by atoms with Gasteiger partial charge >= 0.3 is 5.97 Å². The van der Waals surface area contributed by atoms with E-state index in [-0.39, 0.29) is 16.3 Å². The summed E-state index contributed by atoms with van der Waals surface area (Å²) in [7, 11) is -3.86. The first kappa shape index (κ1) is 17.0. The fourth-order valence-corrected chi connectivity index (χ4v) is 5.59. The lowest BCUT2D eigenvalue weighted by molar-refractivity contribution is 0.0692. The van der Waals surface area contributed by atoms with Crippen molar-refractivity contribution in [3.05, 3.63) is 46.1 Å². The van der Waals surface area contributed by atoms with Crippen molar-refractivity contribution in [1.82, 2.24) is 15.0 Å². The molecule has 0 aliphatic carbocycles. The molecule has 3 rings (SSSR count). The van der Waals surface area contributed by atoms with Crippen molar-refractivity contribution >= 4 is 27.3 Å². The average Bonchev–Trinajstić information content (AvgIpc) is 2.96. The minimum atomic E-state index is -3.86. The largest absolute Gasteiger partial charge is 0.478 e. The van der Waals surface area contributed by atoms with Crippen molar-refractivity contribution in [3.63, 3.8) is 0 Å². The third-order valence-electron chi connectivity index (χ3n) is 3.78. The topological polar surface area (TPSA) is 108 Å². The number of nitrogens with zero attached hydrogens (tertiary/aromatic N) is 1. The number of aromatic nitrogens is 1. The Labute approximate surface area is 143 Å². The van der Waals surface area contributed by atoms with E-state index in [2.05, 4.69) is 15.0 Å². The number of carboxylic acid groups (broad SMARTS) is 1. The Kier molecular flexibility index (Phi) is 4.95. The molecule has 2 aromatic heterocycles. The lowest BCUT2D eigenvalue weighted by Crippen LogP contribution is -2.27. The maximum absolute atomic E-state index is 12.6. The quantitative estimate of drug-likeness (QED) is 0.703. The van der Waals surface area contributed by atoms with E-state index in [0.717, 1.165) is 21.8 Å². The van der Waals surface area contributed by atoms with Gasteiger partial charge in [-0.2, -0.15) is 0 Å². The number of hydrogen-bond acceptors (Lipinski definition) is 6. The van der Waals surface area contributed by atoms with Crippen molar-refractivity contribution in [3.8, 4) is 0 Å². The van der Waals surface area contributed by atoms with Gasteiger partial charge in [-0.15, -0.1) is 11.3 Å². The maximum Gasteiger partial charge on any atom is 0.338 e. The van der Waals surface area contributed by atoms with Gasteiger partial charge < -0.3 is 10.4 Å². The predicted octanol–water partition coefficient (Wildman–Crippen LogP) is 1.01. The summed E-state index contributed by atoms with van der Waals surface area (Å²) < 4.78 is 27.5. The standard InChI is InChI=1S/C15H17N3O4S2/c19-14(20)13-11-4-6-17-9-12(11)23-15(13)24(21,22)18-7-3-10-2-1-5-16-8-10/h1-2,5,8,17-18H,3-4,6-7,9H2,(H,19,20). The number of thiophene rings is 1. The zero-order chi connectivity index (χ0) is 17.2. The predicted molar refractivity (Wildman–Crippen MR) is 89.8 cm³/mol. The first-order chi connectivity index (χ1) is 11.5. The fourth-order valence-electron chi connectivity index (χ4n) is 2.66. The zero-order valence-corrected chi connectivity index (χ0v) is 14.4. The monoisotopic (exact) mass is 367 g/mol. The normalized spacial score (nSPS) is 14.3. The van der Waals surface area contributed by atoms with Gasteiger partial charge in [-0.1, -0.05) is 6.07 Å². The molecule has 0 unspecified atom stereocenters. The van der Waals surface area contributed by atoms with Crippen LogP contribution in [0.3, 0.4) is 0 Å². The van der Waals surface area contributed by atoms with Crippen LogP contribution in [0.15, 0.2) is 28.7 Å². The second kappa shape index (κ2) is 6.98. The highest BCUT2D eigenvalue weighted by Gasteiger charge is 2.31. The lowest BCUT2D eigenvalue weighted by atomic mass is 10.1. The lowest BCUT2D eigenvalue weighted by Gasteiger charge is -2.12. The third kappa shape index (κ3) is 3.48. The van der Waals surface area contributed by atoms with Crippen molar-refractivity contribution in [2.24, 2.45) is 0 Å². The molecule has 0 saturated heterocycles. The van der Waals surface area contributed by atoms with Gasteiger partial charge in [0.05, 0.1) is 5.56 Å². The summed E-state index contributed by atoms with van der Waals surface area (Å²) in [5, 5.41) is 12.6. The molecular weight excluding hydrogens is 350 g/mol. The van der Waals surface area contributed by atoms with Crippen LogP contribution in [0.5, 0.6) is 0 Å². The van der Waals surface area contributed by atoms with Gasteiger partial charge in [0.1, 0.15) is 4.21 Å². The van der Waals surface area contributed by atoms with Gasteiger partial charge in [0, 0.05) is 30.4 Å². The summed E-state index contributed by atoms with van der Waals surface area (Å²) in [4.78, 5) is 16.3. The summed E-state index contributed by atoms with van der Waals surface area (Å²) in [6.07, 6.45) is 4.34. The average molecular weight is 367 g/mol. The highest BCUT2D eigenvalue weighted by atomic mass is 32.2. The van der Waals surface area contributed by atoms with Gasteiger partial charge in [0.15, 0.2) is 0 Å². The molecule has 0 fully saturated rings. The molecule has 0 atom stereocenters. The molecule has 0 bridgehead atoms. The Morgan fingerprint density at radius 2 is 2.29 bits per heavy atom. The number of carboxylic acids is 1. The van der Waals surface area contributed by atoms with Gasteiger partial charge in [0.25, 0.3) is 10.0 Å². The molecule has 0 saturated carbocycles. The van der Waals surface area contributed by atoms with Gasteiger partial charge in [-0.25, -0.2) is 17.9 Å². The number of aromatic carboxylic acids is 1. The second-order valence-electron chi connectivity index (χ2n) is 5.41. The van der Waals surface area contributed by atoms with E-state index >= 15 is 0 Å². The summed E-state index contributed by atoms with van der Waals surface area (Å²) >= 11 is 1.04. The van der Waals surface area contributed by atoms with Crippen LogP contribution in [0.4, 0.5) is 0 Å². The van der Waals surface area contributed by atoms with E-state index in [0.29, 0.717) is 31.5 Å². The Morgan fingerprint density at radius 1 is 1.46 bits per heavy atom. The highest BCUT2D eigenvalue weighted by molar-refractivity contribution is 7.91. The molecule has 24 heavy (non-hydrogen) atoms.